The van der Waals surface area contributed by atoms with E-state index in [9.17, 15) is 22.8 Å². The Bertz CT molecular complexity index is 973. The molecule has 150 valence electrons. The molecule has 0 bridgehead atoms. The van der Waals surface area contributed by atoms with Gasteiger partial charge >= 0.3 is 6.18 Å². The van der Waals surface area contributed by atoms with Gasteiger partial charge in [-0.2, -0.15) is 13.2 Å². The zero-order valence-electron chi connectivity index (χ0n) is 15.1. The number of thiophene rings is 1. The Morgan fingerprint density at radius 1 is 0.966 bits per heavy atom. The third kappa shape index (κ3) is 5.68. The molecule has 0 radical (unpaired) electrons. The number of hydrogen-bond donors (Lipinski definition) is 2. The molecule has 8 heteroatoms. The second-order valence-corrected chi connectivity index (χ2v) is 7.21. The molecule has 1 heterocycles. The predicted octanol–water partition coefficient (Wildman–Crippen LogP) is 4.75. The first-order chi connectivity index (χ1) is 13.8. The van der Waals surface area contributed by atoms with E-state index in [1.807, 2.05) is 18.2 Å². The zero-order chi connectivity index (χ0) is 20.9. The van der Waals surface area contributed by atoms with Crippen LogP contribution >= 0.6 is 11.3 Å². The van der Waals surface area contributed by atoms with Crippen molar-refractivity contribution >= 4 is 28.8 Å². The van der Waals surface area contributed by atoms with Crippen molar-refractivity contribution in [3.63, 3.8) is 0 Å². The van der Waals surface area contributed by atoms with Crippen LogP contribution in [-0.2, 0) is 17.4 Å². The minimum absolute atomic E-state index is 0.00765. The third-order valence-electron chi connectivity index (χ3n) is 4.11. The molecule has 2 N–H and O–H groups in total. The van der Waals surface area contributed by atoms with Crippen LogP contribution in [0.1, 0.15) is 20.8 Å². The maximum atomic E-state index is 12.9. The van der Waals surface area contributed by atoms with E-state index in [4.69, 9.17) is 0 Å². The Morgan fingerprint density at radius 2 is 1.72 bits per heavy atom. The van der Waals surface area contributed by atoms with Gasteiger partial charge in [0.05, 0.1) is 10.4 Å². The van der Waals surface area contributed by atoms with E-state index in [1.165, 1.54) is 23.5 Å². The number of benzene rings is 2. The average molecular weight is 418 g/mol. The Morgan fingerprint density at radius 3 is 2.38 bits per heavy atom. The minimum atomic E-state index is -4.52. The number of nitrogens with one attached hydrogen (secondary N) is 2. The number of rotatable bonds is 6. The van der Waals surface area contributed by atoms with E-state index in [0.29, 0.717) is 4.88 Å². The van der Waals surface area contributed by atoms with E-state index in [0.717, 1.165) is 17.7 Å². The van der Waals surface area contributed by atoms with Crippen molar-refractivity contribution in [2.24, 2.45) is 0 Å². The van der Waals surface area contributed by atoms with E-state index in [-0.39, 0.29) is 12.1 Å². The molecule has 0 aliphatic heterocycles. The van der Waals surface area contributed by atoms with E-state index < -0.39 is 29.6 Å². The number of amides is 2. The highest BCUT2D eigenvalue weighted by Crippen LogP contribution is 2.30. The van der Waals surface area contributed by atoms with Crippen LogP contribution in [0.5, 0.6) is 0 Å². The smallest absolute Gasteiger partial charge is 0.339 e. The number of halogens is 3. The zero-order valence-corrected chi connectivity index (χ0v) is 15.9. The topological polar surface area (TPSA) is 58.2 Å². The van der Waals surface area contributed by atoms with Gasteiger partial charge in [0.1, 0.15) is 6.04 Å². The highest BCUT2D eigenvalue weighted by molar-refractivity contribution is 7.12. The number of carbonyl (C=O) groups is 2. The van der Waals surface area contributed by atoms with Crippen LogP contribution in [0, 0.1) is 0 Å². The number of alkyl halides is 3. The fourth-order valence-electron chi connectivity index (χ4n) is 2.70. The summed E-state index contributed by atoms with van der Waals surface area (Å²) in [4.78, 5) is 25.6. The van der Waals surface area contributed by atoms with Gasteiger partial charge in [0.25, 0.3) is 5.91 Å². The molecule has 0 saturated heterocycles. The van der Waals surface area contributed by atoms with E-state index in [2.05, 4.69) is 10.6 Å². The van der Waals surface area contributed by atoms with Gasteiger partial charge in [0.2, 0.25) is 5.91 Å². The van der Waals surface area contributed by atoms with Crippen LogP contribution in [0.3, 0.4) is 0 Å². The van der Waals surface area contributed by atoms with Gasteiger partial charge in [0, 0.05) is 12.1 Å². The van der Waals surface area contributed by atoms with Crippen molar-refractivity contribution < 1.29 is 22.8 Å². The molecule has 2 aromatic carbocycles. The van der Waals surface area contributed by atoms with Gasteiger partial charge < -0.3 is 10.6 Å². The first-order valence-corrected chi connectivity index (χ1v) is 9.57. The van der Waals surface area contributed by atoms with Gasteiger partial charge in [-0.1, -0.05) is 42.5 Å². The molecule has 29 heavy (non-hydrogen) atoms. The maximum Gasteiger partial charge on any atom is 0.416 e. The molecule has 0 fully saturated rings. The largest absolute Gasteiger partial charge is 0.416 e. The van der Waals surface area contributed by atoms with Crippen molar-refractivity contribution in [1.82, 2.24) is 5.32 Å². The molecule has 4 nitrogen and oxygen atoms in total. The monoisotopic (exact) mass is 418 g/mol. The molecular formula is C21H17F3N2O2S. The van der Waals surface area contributed by atoms with E-state index >= 15 is 0 Å². The fraction of sp³-hybridized carbons (Fsp3) is 0.143. The van der Waals surface area contributed by atoms with Crippen LogP contribution < -0.4 is 10.6 Å². The lowest BCUT2D eigenvalue weighted by atomic mass is 10.0. The normalized spacial score (nSPS) is 12.2. The number of carbonyl (C=O) groups excluding carboxylic acids is 2. The van der Waals surface area contributed by atoms with E-state index in [1.54, 1.807) is 29.6 Å². The lowest BCUT2D eigenvalue weighted by Crippen LogP contribution is -2.45. The van der Waals surface area contributed by atoms with Crippen molar-refractivity contribution in [3.8, 4) is 0 Å². The molecule has 1 unspecified atom stereocenters. The number of hydrogen-bond acceptors (Lipinski definition) is 3. The summed E-state index contributed by atoms with van der Waals surface area (Å²) in [6, 6.07) is 15.8. The van der Waals surface area contributed by atoms with Crippen LogP contribution in [-0.4, -0.2) is 17.9 Å². The first-order valence-electron chi connectivity index (χ1n) is 8.69. The average Bonchev–Trinajstić information content (AvgIpc) is 3.23. The van der Waals surface area contributed by atoms with Crippen LogP contribution in [0.25, 0.3) is 0 Å². The van der Waals surface area contributed by atoms with Crippen LogP contribution in [0.4, 0.5) is 18.9 Å². The quantitative estimate of drug-likeness (QED) is 0.607. The predicted molar refractivity (Wildman–Crippen MR) is 106 cm³/mol. The highest BCUT2D eigenvalue weighted by Gasteiger charge is 2.31. The standard InChI is InChI=1S/C21H17F3N2O2S/c22-21(23,24)15-8-4-9-16(13-15)25-19(27)17(12-14-6-2-1-3-7-14)26-20(28)18-10-5-11-29-18/h1-11,13,17H,12H2,(H,25,27)(H,26,28). The minimum Gasteiger partial charge on any atom is -0.339 e. The summed E-state index contributed by atoms with van der Waals surface area (Å²) >= 11 is 1.23. The van der Waals surface area contributed by atoms with Crippen molar-refractivity contribution in [2.75, 3.05) is 5.32 Å². The van der Waals surface area contributed by atoms with Gasteiger partial charge in [0.15, 0.2) is 0 Å². The second-order valence-electron chi connectivity index (χ2n) is 6.26. The Balaban J connectivity index is 1.79. The third-order valence-corrected chi connectivity index (χ3v) is 4.98. The number of anilines is 1. The lowest BCUT2D eigenvalue weighted by Gasteiger charge is -2.19. The summed E-state index contributed by atoms with van der Waals surface area (Å²) in [5, 5.41) is 6.89. The Kier molecular flexibility index (Phi) is 6.33. The second kappa shape index (κ2) is 8.91. The molecule has 0 saturated carbocycles. The molecule has 0 spiro atoms. The maximum absolute atomic E-state index is 12.9. The molecule has 3 rings (SSSR count). The summed E-state index contributed by atoms with van der Waals surface area (Å²) in [6.45, 7) is 0. The van der Waals surface area contributed by atoms with Crippen molar-refractivity contribution in [2.45, 2.75) is 18.6 Å². The Labute approximate surface area is 169 Å². The first kappa shape index (κ1) is 20.6. The molecule has 2 amide bonds. The molecule has 3 aromatic rings. The molecule has 1 aromatic heterocycles. The molecule has 0 aliphatic rings. The summed E-state index contributed by atoms with van der Waals surface area (Å²) in [5.41, 5.74) is -0.0473. The SMILES string of the molecule is O=C(NC(Cc1ccccc1)C(=O)Nc1cccc(C(F)(F)F)c1)c1cccs1. The summed E-state index contributed by atoms with van der Waals surface area (Å²) in [6.07, 6.45) is -4.32. The van der Waals surface area contributed by atoms with Crippen LogP contribution in [0.15, 0.2) is 72.1 Å². The molecular weight excluding hydrogens is 401 g/mol. The highest BCUT2D eigenvalue weighted by atomic mass is 32.1. The van der Waals surface area contributed by atoms with Crippen molar-refractivity contribution in [1.29, 1.82) is 0 Å². The summed E-state index contributed by atoms with van der Waals surface area (Å²) < 4.78 is 38.7. The van der Waals surface area contributed by atoms with Gasteiger partial charge in [-0.15, -0.1) is 11.3 Å². The van der Waals surface area contributed by atoms with Gasteiger partial charge in [-0.05, 0) is 35.2 Å². The van der Waals surface area contributed by atoms with Crippen LogP contribution in [0.2, 0.25) is 0 Å². The van der Waals surface area contributed by atoms with Crippen molar-refractivity contribution in [3.05, 3.63) is 88.1 Å². The van der Waals surface area contributed by atoms with Gasteiger partial charge in [-0.3, -0.25) is 9.59 Å². The lowest BCUT2D eigenvalue weighted by molar-refractivity contribution is -0.137. The Hall–Kier alpha value is -3.13. The van der Waals surface area contributed by atoms with Gasteiger partial charge in [-0.25, -0.2) is 0 Å². The molecule has 0 aliphatic carbocycles. The summed E-state index contributed by atoms with van der Waals surface area (Å²) in [5.74, 6) is -1.02. The fourth-order valence-corrected chi connectivity index (χ4v) is 3.33. The summed E-state index contributed by atoms with van der Waals surface area (Å²) in [7, 11) is 0. The molecule has 1 atom stereocenters.